The van der Waals surface area contributed by atoms with Gasteiger partial charge in [0, 0.05) is 51.8 Å². The van der Waals surface area contributed by atoms with Crippen molar-refractivity contribution in [2.45, 2.75) is 46.2 Å². The summed E-state index contributed by atoms with van der Waals surface area (Å²) in [6.45, 7) is 7.94. The van der Waals surface area contributed by atoms with Gasteiger partial charge < -0.3 is 10.2 Å². The lowest BCUT2D eigenvalue weighted by atomic mass is 10.0. The van der Waals surface area contributed by atoms with Crippen LogP contribution in [0.3, 0.4) is 0 Å². The van der Waals surface area contributed by atoms with Crippen molar-refractivity contribution in [3.05, 3.63) is 51.4 Å². The number of benzene rings is 1. The average molecular weight is 396 g/mol. The fourth-order valence-corrected chi connectivity index (χ4v) is 4.29. The van der Waals surface area contributed by atoms with E-state index < -0.39 is 0 Å². The summed E-state index contributed by atoms with van der Waals surface area (Å²) in [6.07, 6.45) is 3.18. The number of nitrogens with zero attached hydrogens (tertiary/aromatic N) is 3. The van der Waals surface area contributed by atoms with Crippen LogP contribution in [0.25, 0.3) is 0 Å². The van der Waals surface area contributed by atoms with Crippen molar-refractivity contribution < 1.29 is 4.79 Å². The first-order valence-electron chi connectivity index (χ1n) is 10.4. The number of amides is 1. The maximum Gasteiger partial charge on any atom is 0.257 e. The molecule has 0 spiro atoms. The Labute approximate surface area is 171 Å². The molecule has 7 nitrogen and oxygen atoms in total. The first kappa shape index (κ1) is 19.6. The van der Waals surface area contributed by atoms with Crippen LogP contribution in [0.1, 0.15) is 43.5 Å². The van der Waals surface area contributed by atoms with Gasteiger partial charge >= 0.3 is 0 Å². The van der Waals surface area contributed by atoms with Gasteiger partial charge in [0.2, 0.25) is 11.9 Å². The van der Waals surface area contributed by atoms with Gasteiger partial charge in [0.25, 0.3) is 5.56 Å². The lowest BCUT2D eigenvalue weighted by molar-refractivity contribution is -0.114. The van der Waals surface area contributed by atoms with Crippen LogP contribution in [0.5, 0.6) is 0 Å². The summed E-state index contributed by atoms with van der Waals surface area (Å²) in [5.41, 5.74) is 3.68. The normalized spacial score (nSPS) is 19.7. The number of fused-ring (bicyclic) bond motifs is 1. The first-order chi connectivity index (χ1) is 14.0. The number of carbonyl (C=O) groups excluding carboxylic acids is 1. The summed E-state index contributed by atoms with van der Waals surface area (Å²) in [4.78, 5) is 36.2. The van der Waals surface area contributed by atoms with Crippen molar-refractivity contribution in [3.8, 4) is 0 Å². The Bertz CT molecular complexity index is 937. The van der Waals surface area contributed by atoms with E-state index in [9.17, 15) is 9.59 Å². The topological polar surface area (TPSA) is 81.3 Å². The van der Waals surface area contributed by atoms with Crippen molar-refractivity contribution in [2.24, 2.45) is 5.92 Å². The molecule has 1 fully saturated rings. The Hall–Kier alpha value is -2.67. The lowest BCUT2D eigenvalue weighted by Crippen LogP contribution is -2.39. The molecule has 7 heteroatoms. The summed E-state index contributed by atoms with van der Waals surface area (Å²) in [5, 5.41) is 2.78. The van der Waals surface area contributed by atoms with Gasteiger partial charge in [-0.3, -0.25) is 19.5 Å². The zero-order chi connectivity index (χ0) is 20.4. The Balaban J connectivity index is 1.44. The minimum atomic E-state index is -0.0736. The molecule has 1 amide bonds. The van der Waals surface area contributed by atoms with Gasteiger partial charge in [0.1, 0.15) is 0 Å². The number of piperidine rings is 1. The number of H-pyrrole nitrogens is 1. The highest BCUT2D eigenvalue weighted by Gasteiger charge is 2.24. The number of nitrogens with one attached hydrogen (secondary N) is 2. The maximum absolute atomic E-state index is 12.8. The van der Waals surface area contributed by atoms with E-state index in [-0.39, 0.29) is 11.5 Å². The highest BCUT2D eigenvalue weighted by atomic mass is 16.1. The second-order valence-electron chi connectivity index (χ2n) is 8.35. The smallest absolute Gasteiger partial charge is 0.257 e. The van der Waals surface area contributed by atoms with E-state index in [0.29, 0.717) is 12.5 Å². The van der Waals surface area contributed by atoms with Crippen molar-refractivity contribution in [1.29, 1.82) is 0 Å². The van der Waals surface area contributed by atoms with Gasteiger partial charge in [0.15, 0.2) is 0 Å². The third-order valence-corrected chi connectivity index (χ3v) is 5.77. The van der Waals surface area contributed by atoms with Gasteiger partial charge in [-0.05, 0) is 36.5 Å². The van der Waals surface area contributed by atoms with E-state index in [4.69, 9.17) is 4.98 Å². The highest BCUT2D eigenvalue weighted by molar-refractivity contribution is 5.88. The van der Waals surface area contributed by atoms with E-state index in [1.54, 1.807) is 0 Å². The number of hydrogen-bond donors (Lipinski definition) is 2. The maximum atomic E-state index is 12.8. The molecule has 1 aromatic heterocycles. The second-order valence-corrected chi connectivity index (χ2v) is 8.35. The molecular weight excluding hydrogens is 366 g/mol. The Morgan fingerprint density at radius 2 is 2.07 bits per heavy atom. The number of aromatic amines is 1. The Morgan fingerprint density at radius 1 is 1.28 bits per heavy atom. The molecule has 0 radical (unpaired) electrons. The van der Waals surface area contributed by atoms with E-state index >= 15 is 0 Å². The Morgan fingerprint density at radius 3 is 2.79 bits per heavy atom. The molecule has 29 heavy (non-hydrogen) atoms. The van der Waals surface area contributed by atoms with Crippen LogP contribution in [0.2, 0.25) is 0 Å². The molecular formula is C22H29N5O2. The zero-order valence-electron chi connectivity index (χ0n) is 17.2. The molecule has 154 valence electrons. The van der Waals surface area contributed by atoms with Crippen LogP contribution in [-0.2, 0) is 24.3 Å². The van der Waals surface area contributed by atoms with Gasteiger partial charge in [-0.15, -0.1) is 0 Å². The minimum absolute atomic E-state index is 0.00562. The standard InChI is InChI=1S/C22H29N5O2/c1-15-4-3-10-27(12-15)22-24-20-9-11-26(14-19(20)21(29)25-22)13-17-5-7-18(8-6-17)23-16(2)28/h5-8,15H,3-4,9-14H2,1-2H3,(H,23,28)(H,24,25,29)/t15-/m0/s1. The third-order valence-electron chi connectivity index (χ3n) is 5.77. The molecule has 2 N–H and O–H groups in total. The fourth-order valence-electron chi connectivity index (χ4n) is 4.29. The van der Waals surface area contributed by atoms with Crippen molar-refractivity contribution in [3.63, 3.8) is 0 Å². The van der Waals surface area contributed by atoms with E-state index in [1.807, 2.05) is 24.3 Å². The van der Waals surface area contributed by atoms with Crippen molar-refractivity contribution in [1.82, 2.24) is 14.9 Å². The summed E-state index contributed by atoms with van der Waals surface area (Å²) in [5.74, 6) is 1.30. The number of anilines is 2. The van der Waals surface area contributed by atoms with Gasteiger partial charge in [-0.25, -0.2) is 4.98 Å². The molecule has 3 heterocycles. The largest absolute Gasteiger partial charge is 0.342 e. The van der Waals surface area contributed by atoms with Gasteiger partial charge in [0.05, 0.1) is 11.3 Å². The summed E-state index contributed by atoms with van der Waals surface area (Å²) in [7, 11) is 0. The van der Waals surface area contributed by atoms with Crippen LogP contribution in [0.4, 0.5) is 11.6 Å². The summed E-state index contributed by atoms with van der Waals surface area (Å²) >= 11 is 0. The van der Waals surface area contributed by atoms with Gasteiger partial charge in [-0.2, -0.15) is 0 Å². The minimum Gasteiger partial charge on any atom is -0.342 e. The lowest BCUT2D eigenvalue weighted by Gasteiger charge is -2.33. The third kappa shape index (κ3) is 4.67. The molecule has 1 saturated heterocycles. The second kappa shape index (κ2) is 8.37. The van der Waals surface area contributed by atoms with Crippen LogP contribution in [0.15, 0.2) is 29.1 Å². The predicted molar refractivity (Wildman–Crippen MR) is 114 cm³/mol. The molecule has 1 atom stereocenters. The van der Waals surface area contributed by atoms with E-state index in [1.165, 1.54) is 13.3 Å². The molecule has 0 saturated carbocycles. The molecule has 1 aromatic carbocycles. The van der Waals surface area contributed by atoms with Crippen LogP contribution >= 0.6 is 0 Å². The molecule has 0 unspecified atom stereocenters. The molecule has 2 aliphatic rings. The van der Waals surface area contributed by atoms with Crippen LogP contribution in [0, 0.1) is 5.92 Å². The molecule has 2 aliphatic heterocycles. The quantitative estimate of drug-likeness (QED) is 0.831. The molecule has 0 aliphatic carbocycles. The predicted octanol–water partition coefficient (Wildman–Crippen LogP) is 2.52. The number of carbonyl (C=O) groups is 1. The number of hydrogen-bond acceptors (Lipinski definition) is 5. The average Bonchev–Trinajstić information content (AvgIpc) is 2.69. The Kier molecular flexibility index (Phi) is 5.67. The van der Waals surface area contributed by atoms with E-state index in [0.717, 1.165) is 67.5 Å². The SMILES string of the molecule is CC(=O)Nc1ccc(CN2CCc3nc(N4CCC[C@H](C)C4)[nH]c(=O)c3C2)cc1. The monoisotopic (exact) mass is 395 g/mol. The van der Waals surface area contributed by atoms with Crippen molar-refractivity contribution >= 4 is 17.5 Å². The van der Waals surface area contributed by atoms with E-state index in [2.05, 4.69) is 27.0 Å². The zero-order valence-corrected chi connectivity index (χ0v) is 17.2. The molecule has 0 bridgehead atoms. The van der Waals surface area contributed by atoms with Crippen LogP contribution < -0.4 is 15.8 Å². The fraction of sp³-hybridized carbons (Fsp3) is 0.500. The summed E-state index contributed by atoms with van der Waals surface area (Å²) < 4.78 is 0. The number of rotatable bonds is 4. The number of aromatic nitrogens is 2. The first-order valence-corrected chi connectivity index (χ1v) is 10.4. The summed E-state index contributed by atoms with van der Waals surface area (Å²) in [6, 6.07) is 7.86. The highest BCUT2D eigenvalue weighted by Crippen LogP contribution is 2.22. The molecule has 4 rings (SSSR count). The van der Waals surface area contributed by atoms with Crippen molar-refractivity contribution in [2.75, 3.05) is 29.9 Å². The van der Waals surface area contributed by atoms with Crippen LogP contribution in [-0.4, -0.2) is 40.4 Å². The molecule has 2 aromatic rings. The van der Waals surface area contributed by atoms with Gasteiger partial charge in [-0.1, -0.05) is 19.1 Å².